The second-order valence-corrected chi connectivity index (χ2v) is 4.26. The summed E-state index contributed by atoms with van der Waals surface area (Å²) in [5, 5.41) is 2.83. The zero-order valence-electron chi connectivity index (χ0n) is 9.44. The first-order valence-electron chi connectivity index (χ1n) is 5.75. The zero-order valence-corrected chi connectivity index (χ0v) is 9.44. The fraction of sp³-hybridized carbons (Fsp3) is 0.545. The van der Waals surface area contributed by atoms with Crippen LogP contribution in [0.2, 0.25) is 0 Å². The lowest BCUT2D eigenvalue weighted by Crippen LogP contribution is -2.42. The molecule has 1 aromatic heterocycles. The number of rotatable bonds is 3. The van der Waals surface area contributed by atoms with Crippen LogP contribution in [0.3, 0.4) is 0 Å². The monoisotopic (exact) mass is 237 g/mol. The Labute approximate surface area is 97.7 Å². The minimum atomic E-state index is -0.556. The van der Waals surface area contributed by atoms with Gasteiger partial charge in [-0.25, -0.2) is 4.79 Å². The van der Waals surface area contributed by atoms with Gasteiger partial charge in [-0.2, -0.15) is 0 Å². The van der Waals surface area contributed by atoms with Gasteiger partial charge >= 0.3 is 5.69 Å². The number of aromatic amines is 1. The van der Waals surface area contributed by atoms with E-state index in [0.29, 0.717) is 0 Å². The van der Waals surface area contributed by atoms with Gasteiger partial charge in [-0.05, 0) is 12.8 Å². The Hall–Kier alpha value is -1.85. The van der Waals surface area contributed by atoms with Gasteiger partial charge in [-0.15, -0.1) is 0 Å². The van der Waals surface area contributed by atoms with Crippen molar-refractivity contribution in [3.05, 3.63) is 33.1 Å². The molecule has 6 heteroatoms. The van der Waals surface area contributed by atoms with Crippen LogP contribution < -0.4 is 16.6 Å². The first kappa shape index (κ1) is 11.6. The number of H-pyrrole nitrogens is 1. The number of nitrogens with zero attached hydrogens (tertiary/aromatic N) is 1. The molecule has 0 aromatic carbocycles. The quantitative estimate of drug-likeness (QED) is 0.750. The highest BCUT2D eigenvalue weighted by Gasteiger charge is 2.17. The van der Waals surface area contributed by atoms with Gasteiger partial charge in [0.2, 0.25) is 5.91 Å². The van der Waals surface area contributed by atoms with Crippen molar-refractivity contribution in [2.45, 2.75) is 38.3 Å². The molecule has 2 N–H and O–H groups in total. The van der Waals surface area contributed by atoms with Crippen molar-refractivity contribution in [2.75, 3.05) is 0 Å². The summed E-state index contributed by atoms with van der Waals surface area (Å²) < 4.78 is 0.893. The maximum Gasteiger partial charge on any atom is 0.328 e. The van der Waals surface area contributed by atoms with Crippen LogP contribution in [0.5, 0.6) is 0 Å². The number of carbonyl (C=O) groups excluding carboxylic acids is 1. The van der Waals surface area contributed by atoms with E-state index < -0.39 is 11.2 Å². The van der Waals surface area contributed by atoms with Crippen molar-refractivity contribution >= 4 is 5.91 Å². The molecule has 1 fully saturated rings. The van der Waals surface area contributed by atoms with Crippen molar-refractivity contribution in [2.24, 2.45) is 0 Å². The fourth-order valence-corrected chi connectivity index (χ4v) is 2.09. The van der Waals surface area contributed by atoms with Gasteiger partial charge in [0, 0.05) is 18.3 Å². The minimum Gasteiger partial charge on any atom is -0.352 e. The number of amides is 1. The third-order valence-electron chi connectivity index (χ3n) is 2.97. The van der Waals surface area contributed by atoms with Gasteiger partial charge in [-0.3, -0.25) is 14.2 Å². The Balaban J connectivity index is 2.03. The topological polar surface area (TPSA) is 84.0 Å². The Morgan fingerprint density at radius 2 is 2.12 bits per heavy atom. The summed E-state index contributed by atoms with van der Waals surface area (Å²) in [5.74, 6) is -0.282. The van der Waals surface area contributed by atoms with E-state index in [1.165, 1.54) is 12.3 Å². The van der Waals surface area contributed by atoms with E-state index in [2.05, 4.69) is 10.3 Å². The standard InChI is InChI=1S/C11H15N3O3/c15-9(13-8-3-1-2-4-8)7-14-10(16)5-6-12-11(14)17/h5-6,8H,1-4,7H2,(H,12,17)(H,13,15). The van der Waals surface area contributed by atoms with E-state index >= 15 is 0 Å². The van der Waals surface area contributed by atoms with Crippen LogP contribution in [0, 0.1) is 0 Å². The average Bonchev–Trinajstić information content (AvgIpc) is 2.76. The van der Waals surface area contributed by atoms with E-state index in [1.807, 2.05) is 0 Å². The van der Waals surface area contributed by atoms with E-state index in [4.69, 9.17) is 0 Å². The molecule has 92 valence electrons. The van der Waals surface area contributed by atoms with Gasteiger partial charge in [0.1, 0.15) is 6.54 Å². The van der Waals surface area contributed by atoms with Crippen LogP contribution in [-0.4, -0.2) is 21.5 Å². The van der Waals surface area contributed by atoms with Crippen LogP contribution >= 0.6 is 0 Å². The molecule has 6 nitrogen and oxygen atoms in total. The van der Waals surface area contributed by atoms with Gasteiger partial charge in [0.25, 0.3) is 5.56 Å². The van der Waals surface area contributed by atoms with Crippen molar-refractivity contribution in [1.82, 2.24) is 14.9 Å². The predicted octanol–water partition coefficient (Wildman–Crippen LogP) is -0.405. The Bertz CT molecular complexity index is 483. The highest BCUT2D eigenvalue weighted by atomic mass is 16.2. The van der Waals surface area contributed by atoms with Gasteiger partial charge in [-0.1, -0.05) is 12.8 Å². The first-order valence-corrected chi connectivity index (χ1v) is 5.75. The van der Waals surface area contributed by atoms with Crippen LogP contribution in [-0.2, 0) is 11.3 Å². The van der Waals surface area contributed by atoms with Crippen LogP contribution in [0.15, 0.2) is 21.9 Å². The van der Waals surface area contributed by atoms with E-state index in [1.54, 1.807) is 0 Å². The molecule has 17 heavy (non-hydrogen) atoms. The number of nitrogens with one attached hydrogen (secondary N) is 2. The molecule has 1 aromatic rings. The Morgan fingerprint density at radius 1 is 1.41 bits per heavy atom. The van der Waals surface area contributed by atoms with Gasteiger partial charge in [0.05, 0.1) is 0 Å². The molecular formula is C11H15N3O3. The summed E-state index contributed by atoms with van der Waals surface area (Å²) in [5.41, 5.74) is -1.02. The highest BCUT2D eigenvalue weighted by molar-refractivity contribution is 5.76. The Kier molecular flexibility index (Phi) is 3.41. The van der Waals surface area contributed by atoms with E-state index in [0.717, 1.165) is 30.3 Å². The van der Waals surface area contributed by atoms with Crippen molar-refractivity contribution in [3.63, 3.8) is 0 Å². The maximum absolute atomic E-state index is 11.6. The third-order valence-corrected chi connectivity index (χ3v) is 2.97. The lowest BCUT2D eigenvalue weighted by Gasteiger charge is -2.11. The Morgan fingerprint density at radius 3 is 2.76 bits per heavy atom. The summed E-state index contributed by atoms with van der Waals surface area (Å²) in [4.78, 5) is 36.7. The maximum atomic E-state index is 11.6. The first-order chi connectivity index (χ1) is 8.16. The molecule has 1 aliphatic carbocycles. The molecule has 0 aliphatic heterocycles. The number of aromatic nitrogens is 2. The summed E-state index contributed by atoms with van der Waals surface area (Å²) in [6.45, 7) is -0.217. The summed E-state index contributed by atoms with van der Waals surface area (Å²) >= 11 is 0. The molecule has 1 aliphatic rings. The number of hydrogen-bond acceptors (Lipinski definition) is 3. The smallest absolute Gasteiger partial charge is 0.328 e. The van der Waals surface area contributed by atoms with Gasteiger partial charge < -0.3 is 10.3 Å². The highest BCUT2D eigenvalue weighted by Crippen LogP contribution is 2.17. The molecule has 0 radical (unpaired) electrons. The normalized spacial score (nSPS) is 16.0. The van der Waals surface area contributed by atoms with Crippen molar-refractivity contribution in [3.8, 4) is 0 Å². The number of carbonyl (C=O) groups is 1. The van der Waals surface area contributed by atoms with E-state index in [9.17, 15) is 14.4 Å². The van der Waals surface area contributed by atoms with Crippen LogP contribution in [0.1, 0.15) is 25.7 Å². The van der Waals surface area contributed by atoms with E-state index in [-0.39, 0.29) is 18.5 Å². The third kappa shape index (κ3) is 2.83. The molecule has 2 rings (SSSR count). The summed E-state index contributed by atoms with van der Waals surface area (Å²) in [7, 11) is 0. The molecule has 0 spiro atoms. The minimum absolute atomic E-state index is 0.195. The predicted molar refractivity (Wildman–Crippen MR) is 61.7 cm³/mol. The molecule has 1 heterocycles. The molecule has 1 saturated carbocycles. The molecule has 0 saturated heterocycles. The second-order valence-electron chi connectivity index (χ2n) is 4.26. The summed E-state index contributed by atoms with van der Waals surface area (Å²) in [6, 6.07) is 1.42. The summed E-state index contributed by atoms with van der Waals surface area (Å²) in [6.07, 6.45) is 5.47. The van der Waals surface area contributed by atoms with Gasteiger partial charge in [0.15, 0.2) is 0 Å². The van der Waals surface area contributed by atoms with Crippen LogP contribution in [0.4, 0.5) is 0 Å². The zero-order chi connectivity index (χ0) is 12.3. The number of hydrogen-bond donors (Lipinski definition) is 2. The lowest BCUT2D eigenvalue weighted by molar-refractivity contribution is -0.122. The average molecular weight is 237 g/mol. The molecule has 0 bridgehead atoms. The fourth-order valence-electron chi connectivity index (χ4n) is 2.09. The van der Waals surface area contributed by atoms with Crippen molar-refractivity contribution < 1.29 is 4.79 Å². The lowest BCUT2D eigenvalue weighted by atomic mass is 10.2. The molecule has 1 amide bonds. The van der Waals surface area contributed by atoms with Crippen LogP contribution in [0.25, 0.3) is 0 Å². The molecule has 0 unspecified atom stereocenters. The molecule has 0 atom stereocenters. The largest absolute Gasteiger partial charge is 0.352 e. The van der Waals surface area contributed by atoms with Crippen molar-refractivity contribution in [1.29, 1.82) is 0 Å². The second kappa shape index (κ2) is 4.99. The SMILES string of the molecule is O=C(Cn1c(=O)cc[nH]c1=O)NC1CCCC1. The molecular weight excluding hydrogens is 222 g/mol.